The van der Waals surface area contributed by atoms with Crippen molar-refractivity contribution in [2.45, 2.75) is 33.6 Å². The molecular weight excluding hydrogens is 448 g/mol. The van der Waals surface area contributed by atoms with Gasteiger partial charge in [-0.15, -0.1) is 0 Å². The van der Waals surface area contributed by atoms with Gasteiger partial charge in [0, 0.05) is 17.1 Å². The monoisotopic (exact) mass is 468 g/mol. The Balaban J connectivity index is 1.26. The summed E-state index contributed by atoms with van der Waals surface area (Å²) < 4.78 is 13.1. The molecular formula is C23H21ClN4O3S. The molecule has 1 aliphatic heterocycles. The highest BCUT2D eigenvalue weighted by Gasteiger charge is 2.17. The number of ether oxygens (including phenoxy) is 2. The average Bonchev–Trinajstić information content (AvgIpc) is 3.32. The number of hydrogen-bond donors (Lipinski definition) is 1. The van der Waals surface area contributed by atoms with Gasteiger partial charge in [-0.2, -0.15) is 0 Å². The second kappa shape index (κ2) is 8.54. The Hall–Kier alpha value is -2.94. The van der Waals surface area contributed by atoms with Crippen molar-refractivity contribution in [3.05, 3.63) is 64.1 Å². The fraction of sp³-hybridized carbons (Fsp3) is 0.261. The molecule has 0 fully saturated rings. The van der Waals surface area contributed by atoms with Crippen LogP contribution in [0.4, 0.5) is 9.80 Å². The number of carbonyl (C=O) groups is 1. The molecule has 0 unspecified atom stereocenters. The first-order valence-corrected chi connectivity index (χ1v) is 11.4. The van der Waals surface area contributed by atoms with E-state index in [1.807, 2.05) is 50.2 Å². The van der Waals surface area contributed by atoms with Crippen molar-refractivity contribution in [3.8, 4) is 10.6 Å². The maximum absolute atomic E-state index is 12.4. The van der Waals surface area contributed by atoms with Crippen LogP contribution in [0.3, 0.4) is 0 Å². The number of nitrogens with zero attached hydrogens (tertiary/aromatic N) is 3. The molecule has 0 bridgehead atoms. The van der Waals surface area contributed by atoms with E-state index in [4.69, 9.17) is 21.1 Å². The smallest absolute Gasteiger partial charge is 0.412 e. The topological polar surface area (TPSA) is 78.3 Å². The van der Waals surface area contributed by atoms with Gasteiger partial charge in [0.05, 0.1) is 23.3 Å². The van der Waals surface area contributed by atoms with Gasteiger partial charge in [-0.05, 0) is 49.2 Å². The van der Waals surface area contributed by atoms with Gasteiger partial charge in [0.25, 0.3) is 0 Å². The number of amides is 1. The number of benzene rings is 2. The summed E-state index contributed by atoms with van der Waals surface area (Å²) in [5.74, 6) is 0.925. The third-order valence-corrected chi connectivity index (χ3v) is 6.72. The Bertz CT molecular complexity index is 1330. The summed E-state index contributed by atoms with van der Waals surface area (Å²) in [4.78, 5) is 21.6. The number of aromatic nitrogens is 3. The molecule has 32 heavy (non-hydrogen) atoms. The van der Waals surface area contributed by atoms with Gasteiger partial charge < -0.3 is 14.0 Å². The first-order valence-electron chi connectivity index (χ1n) is 10.2. The Labute approximate surface area is 194 Å². The molecule has 0 aliphatic carbocycles. The summed E-state index contributed by atoms with van der Waals surface area (Å²) in [7, 11) is 0. The molecule has 2 aromatic carbocycles. The van der Waals surface area contributed by atoms with Crippen molar-refractivity contribution in [1.29, 1.82) is 0 Å². The number of thiazole rings is 1. The molecule has 1 amide bonds. The predicted octanol–water partition coefficient (Wildman–Crippen LogP) is 5.71. The van der Waals surface area contributed by atoms with Crippen LogP contribution in [0.5, 0.6) is 0 Å². The first kappa shape index (κ1) is 20.9. The third-order valence-electron chi connectivity index (χ3n) is 5.38. The van der Waals surface area contributed by atoms with Gasteiger partial charge in [0.2, 0.25) is 0 Å². The molecule has 7 nitrogen and oxygen atoms in total. The lowest BCUT2D eigenvalue weighted by molar-refractivity contribution is 0.0830. The molecule has 5 rings (SSSR count). The van der Waals surface area contributed by atoms with Crippen molar-refractivity contribution >= 4 is 45.1 Å². The molecule has 0 saturated carbocycles. The number of halogens is 1. The van der Waals surface area contributed by atoms with Gasteiger partial charge in [-0.25, -0.2) is 14.8 Å². The standard InChI is InChI=1S/C23H21ClN4O3S/c1-13-9-16(24)4-5-17(13)22-25-14(2)21(32-22)27-23(29)31-11-15-3-6-19-18(10-15)26-20-12-30-8-7-28(19)20/h3-6,9-10H,7-8,11-12H2,1-2H3,(H,27,29). The van der Waals surface area contributed by atoms with Crippen LogP contribution in [-0.2, 0) is 29.2 Å². The zero-order valence-electron chi connectivity index (χ0n) is 17.6. The minimum Gasteiger partial charge on any atom is -0.444 e. The Morgan fingerprint density at radius 3 is 2.97 bits per heavy atom. The highest BCUT2D eigenvalue weighted by molar-refractivity contribution is 7.19. The molecule has 4 aromatic rings. The highest BCUT2D eigenvalue weighted by Crippen LogP contribution is 2.34. The van der Waals surface area contributed by atoms with E-state index < -0.39 is 6.09 Å². The molecule has 2 aromatic heterocycles. The summed E-state index contributed by atoms with van der Waals surface area (Å²) in [5.41, 5.74) is 5.59. The van der Waals surface area contributed by atoms with Crippen molar-refractivity contribution in [2.24, 2.45) is 0 Å². The van der Waals surface area contributed by atoms with E-state index in [0.717, 1.165) is 50.8 Å². The maximum Gasteiger partial charge on any atom is 0.412 e. The van der Waals surface area contributed by atoms with Crippen molar-refractivity contribution < 1.29 is 14.3 Å². The number of nitrogens with one attached hydrogen (secondary N) is 1. The Morgan fingerprint density at radius 1 is 1.25 bits per heavy atom. The Kier molecular flexibility index (Phi) is 5.58. The van der Waals surface area contributed by atoms with Crippen molar-refractivity contribution in [3.63, 3.8) is 0 Å². The van der Waals surface area contributed by atoms with Crippen LogP contribution < -0.4 is 5.32 Å². The molecule has 0 radical (unpaired) electrons. The SMILES string of the molecule is Cc1cc(Cl)ccc1-c1nc(C)c(NC(=O)OCc2ccc3c(c2)nc2n3CCOC2)s1. The van der Waals surface area contributed by atoms with E-state index in [1.165, 1.54) is 11.3 Å². The summed E-state index contributed by atoms with van der Waals surface area (Å²) in [6.07, 6.45) is -0.520. The number of fused-ring (bicyclic) bond motifs is 3. The van der Waals surface area contributed by atoms with E-state index >= 15 is 0 Å². The molecule has 0 atom stereocenters. The van der Waals surface area contributed by atoms with Crippen molar-refractivity contribution in [2.75, 3.05) is 11.9 Å². The van der Waals surface area contributed by atoms with E-state index in [2.05, 4.69) is 19.9 Å². The summed E-state index contributed by atoms with van der Waals surface area (Å²) in [5, 5.41) is 4.98. The second-order valence-corrected chi connectivity index (χ2v) is 9.08. The fourth-order valence-electron chi connectivity index (χ4n) is 3.77. The van der Waals surface area contributed by atoms with Crippen LogP contribution in [0.15, 0.2) is 36.4 Å². The van der Waals surface area contributed by atoms with Crippen LogP contribution >= 0.6 is 22.9 Å². The molecule has 9 heteroatoms. The zero-order chi connectivity index (χ0) is 22.2. The lowest BCUT2D eigenvalue weighted by Gasteiger charge is -2.14. The summed E-state index contributed by atoms with van der Waals surface area (Å²) in [6, 6.07) is 11.6. The normalized spacial score (nSPS) is 13.2. The predicted molar refractivity (Wildman–Crippen MR) is 125 cm³/mol. The lowest BCUT2D eigenvalue weighted by Crippen LogP contribution is -2.16. The fourth-order valence-corrected chi connectivity index (χ4v) is 5.04. The quantitative estimate of drug-likeness (QED) is 0.415. The van der Waals surface area contributed by atoms with Crippen LogP contribution in [0.2, 0.25) is 5.02 Å². The van der Waals surface area contributed by atoms with E-state index in [-0.39, 0.29) is 6.61 Å². The molecule has 1 N–H and O–H groups in total. The van der Waals surface area contributed by atoms with E-state index in [9.17, 15) is 4.79 Å². The summed E-state index contributed by atoms with van der Waals surface area (Å²) in [6.45, 7) is 6.02. The van der Waals surface area contributed by atoms with Crippen LogP contribution in [-0.4, -0.2) is 27.2 Å². The van der Waals surface area contributed by atoms with E-state index in [0.29, 0.717) is 23.2 Å². The van der Waals surface area contributed by atoms with E-state index in [1.54, 1.807) is 0 Å². The van der Waals surface area contributed by atoms with Gasteiger partial charge in [-0.3, -0.25) is 5.32 Å². The Morgan fingerprint density at radius 2 is 2.12 bits per heavy atom. The molecule has 1 aliphatic rings. The number of anilines is 1. The van der Waals surface area contributed by atoms with Gasteiger partial charge in [-0.1, -0.05) is 35.1 Å². The second-order valence-electron chi connectivity index (χ2n) is 7.65. The van der Waals surface area contributed by atoms with Crippen LogP contribution in [0, 0.1) is 13.8 Å². The van der Waals surface area contributed by atoms with Crippen molar-refractivity contribution in [1.82, 2.24) is 14.5 Å². The number of hydrogen-bond acceptors (Lipinski definition) is 6. The van der Waals surface area contributed by atoms with Gasteiger partial charge in [0.1, 0.15) is 29.0 Å². The summed E-state index contributed by atoms with van der Waals surface area (Å²) >= 11 is 7.46. The first-order chi connectivity index (χ1) is 15.5. The average molecular weight is 469 g/mol. The van der Waals surface area contributed by atoms with Crippen LogP contribution in [0.1, 0.15) is 22.6 Å². The number of carbonyl (C=O) groups excluding carboxylic acids is 1. The lowest BCUT2D eigenvalue weighted by atomic mass is 10.1. The molecule has 3 heterocycles. The highest BCUT2D eigenvalue weighted by atomic mass is 35.5. The number of imidazole rings is 1. The zero-order valence-corrected chi connectivity index (χ0v) is 19.2. The third kappa shape index (κ3) is 4.09. The molecule has 0 spiro atoms. The minimum absolute atomic E-state index is 0.154. The largest absolute Gasteiger partial charge is 0.444 e. The number of aryl methyl sites for hydroxylation is 2. The molecule has 0 saturated heterocycles. The van der Waals surface area contributed by atoms with Gasteiger partial charge in [0.15, 0.2) is 0 Å². The maximum atomic E-state index is 12.4. The van der Waals surface area contributed by atoms with Gasteiger partial charge >= 0.3 is 6.09 Å². The van der Waals surface area contributed by atoms with Crippen LogP contribution in [0.25, 0.3) is 21.6 Å². The molecule has 164 valence electrons. The number of rotatable bonds is 4. The minimum atomic E-state index is -0.520.